The quantitative estimate of drug-likeness (QED) is 0.266. The van der Waals surface area contributed by atoms with Gasteiger partial charge in [0.25, 0.3) is 0 Å². The zero-order chi connectivity index (χ0) is 18.7. The van der Waals surface area contributed by atoms with Gasteiger partial charge in [-0.3, -0.25) is 24.6 Å². The maximum atomic E-state index is 12.9. The zero-order valence-electron chi connectivity index (χ0n) is 15.3. The van der Waals surface area contributed by atoms with E-state index in [0.717, 1.165) is 38.5 Å². The molecule has 0 aromatic heterocycles. The Bertz CT molecular complexity index is 444. The summed E-state index contributed by atoms with van der Waals surface area (Å²) in [6.45, 7) is 2.76. The van der Waals surface area contributed by atoms with Gasteiger partial charge in [-0.25, -0.2) is 10.9 Å². The summed E-state index contributed by atoms with van der Waals surface area (Å²) in [5, 5.41) is 12.8. The van der Waals surface area contributed by atoms with Gasteiger partial charge in [0.15, 0.2) is 0 Å². The van der Waals surface area contributed by atoms with E-state index in [2.05, 4.69) is 17.7 Å². The van der Waals surface area contributed by atoms with Crippen molar-refractivity contribution in [3.63, 3.8) is 0 Å². The van der Waals surface area contributed by atoms with Crippen LogP contribution in [0.2, 0.25) is 0 Å². The van der Waals surface area contributed by atoms with E-state index in [1.54, 1.807) is 12.5 Å². The predicted molar refractivity (Wildman–Crippen MR) is 93.3 cm³/mol. The lowest BCUT2D eigenvalue weighted by Gasteiger charge is -2.37. The lowest BCUT2D eigenvalue weighted by Crippen LogP contribution is -2.59. The number of hydrazine groups is 1. The first-order valence-corrected chi connectivity index (χ1v) is 9.26. The second-order valence-corrected chi connectivity index (χ2v) is 6.53. The van der Waals surface area contributed by atoms with Crippen LogP contribution >= 0.6 is 0 Å². The molecule has 2 atom stereocenters. The average molecular weight is 356 g/mol. The van der Waals surface area contributed by atoms with Crippen molar-refractivity contribution in [1.29, 1.82) is 0 Å². The molecule has 0 unspecified atom stereocenters. The van der Waals surface area contributed by atoms with Crippen molar-refractivity contribution in [3.05, 3.63) is 0 Å². The summed E-state index contributed by atoms with van der Waals surface area (Å²) in [4.78, 5) is 36.6. The van der Waals surface area contributed by atoms with Gasteiger partial charge in [0.1, 0.15) is 6.04 Å². The number of nitrogens with one attached hydrogen (secondary N) is 3. The molecule has 1 heterocycles. The number of hydroxylamine groups is 1. The Labute approximate surface area is 149 Å². The van der Waals surface area contributed by atoms with E-state index in [0.29, 0.717) is 19.4 Å². The number of carbonyl (C=O) groups is 3. The van der Waals surface area contributed by atoms with Gasteiger partial charge in [0.05, 0.1) is 0 Å². The maximum absolute atomic E-state index is 12.9. The third-order valence-electron chi connectivity index (χ3n) is 4.60. The Kier molecular flexibility index (Phi) is 10.1. The van der Waals surface area contributed by atoms with Gasteiger partial charge in [0.2, 0.25) is 17.7 Å². The van der Waals surface area contributed by atoms with Crippen LogP contribution in [0, 0.1) is 5.92 Å². The summed E-state index contributed by atoms with van der Waals surface area (Å²) >= 11 is 0. The van der Waals surface area contributed by atoms with E-state index in [1.165, 1.54) is 5.01 Å². The van der Waals surface area contributed by atoms with Crippen molar-refractivity contribution in [2.24, 2.45) is 5.92 Å². The Hall–Kier alpha value is -1.67. The molecular weight excluding hydrogens is 324 g/mol. The molecule has 1 aliphatic heterocycles. The van der Waals surface area contributed by atoms with E-state index in [1.807, 2.05) is 0 Å². The molecule has 0 aromatic carbocycles. The second-order valence-electron chi connectivity index (χ2n) is 6.53. The Morgan fingerprint density at radius 2 is 1.96 bits per heavy atom. The van der Waals surface area contributed by atoms with Crippen molar-refractivity contribution < 1.29 is 19.6 Å². The van der Waals surface area contributed by atoms with E-state index in [4.69, 9.17) is 5.21 Å². The lowest BCUT2D eigenvalue weighted by molar-refractivity contribution is -0.151. The third-order valence-corrected chi connectivity index (χ3v) is 4.60. The number of hydrogen-bond acceptors (Lipinski definition) is 5. The molecule has 0 spiro atoms. The normalized spacial score (nSPS) is 18.5. The summed E-state index contributed by atoms with van der Waals surface area (Å²) in [5.74, 6) is -1.60. The van der Waals surface area contributed by atoms with Gasteiger partial charge in [0, 0.05) is 25.9 Å². The SMILES string of the molecule is CCCCCCC[C@H](CC(=O)NO)C(=O)N1NCCC[C@H]1C(=O)NC. The van der Waals surface area contributed by atoms with Crippen molar-refractivity contribution in [2.45, 2.75) is 70.8 Å². The van der Waals surface area contributed by atoms with Gasteiger partial charge < -0.3 is 5.32 Å². The molecule has 8 heteroatoms. The van der Waals surface area contributed by atoms with Gasteiger partial charge >= 0.3 is 0 Å². The minimum absolute atomic E-state index is 0.0816. The number of nitrogens with zero attached hydrogens (tertiary/aromatic N) is 1. The third kappa shape index (κ3) is 6.99. The summed E-state index contributed by atoms with van der Waals surface area (Å²) in [6, 6.07) is -0.564. The number of likely N-dealkylation sites (N-methyl/N-ethyl adjacent to an activating group) is 1. The van der Waals surface area contributed by atoms with Gasteiger partial charge in [-0.1, -0.05) is 39.0 Å². The topological polar surface area (TPSA) is 111 Å². The lowest BCUT2D eigenvalue weighted by atomic mass is 9.94. The standard InChI is InChI=1S/C17H32N4O4/c1-3-4-5-6-7-9-13(12-15(22)20-25)17(24)21-14(16(23)18-2)10-8-11-19-21/h13-14,19,25H,3-12H2,1-2H3,(H,18,23)(H,20,22)/t13-,14+/m1/s1. The zero-order valence-corrected chi connectivity index (χ0v) is 15.3. The largest absolute Gasteiger partial charge is 0.357 e. The first-order chi connectivity index (χ1) is 12.0. The van der Waals surface area contributed by atoms with E-state index < -0.39 is 17.9 Å². The highest BCUT2D eigenvalue weighted by atomic mass is 16.5. The van der Waals surface area contributed by atoms with Crippen LogP contribution in [-0.4, -0.2) is 47.6 Å². The number of amides is 3. The molecule has 0 radical (unpaired) electrons. The molecule has 0 bridgehead atoms. The molecular formula is C17H32N4O4. The maximum Gasteiger partial charge on any atom is 0.244 e. The molecule has 1 saturated heterocycles. The van der Waals surface area contributed by atoms with Crippen molar-refractivity contribution >= 4 is 17.7 Å². The monoisotopic (exact) mass is 356 g/mol. The molecule has 0 aromatic rings. The van der Waals surface area contributed by atoms with Gasteiger partial charge in [-0.2, -0.15) is 0 Å². The number of carbonyl (C=O) groups excluding carboxylic acids is 3. The molecule has 1 rings (SSSR count). The molecule has 0 aliphatic carbocycles. The first-order valence-electron chi connectivity index (χ1n) is 9.26. The summed E-state index contributed by atoms with van der Waals surface area (Å²) in [7, 11) is 1.55. The van der Waals surface area contributed by atoms with Crippen LogP contribution in [0.5, 0.6) is 0 Å². The minimum atomic E-state index is -0.583. The van der Waals surface area contributed by atoms with Crippen LogP contribution in [0.3, 0.4) is 0 Å². The van der Waals surface area contributed by atoms with Crippen LogP contribution in [0.1, 0.15) is 64.7 Å². The highest BCUT2D eigenvalue weighted by molar-refractivity contribution is 5.90. The molecule has 1 aliphatic rings. The molecule has 25 heavy (non-hydrogen) atoms. The van der Waals surface area contributed by atoms with Gasteiger partial charge in [-0.15, -0.1) is 0 Å². The number of rotatable bonds is 10. The molecule has 1 fully saturated rings. The number of unbranched alkanes of at least 4 members (excludes halogenated alkanes) is 4. The van der Waals surface area contributed by atoms with Crippen LogP contribution < -0.4 is 16.2 Å². The Balaban J connectivity index is 2.74. The molecule has 144 valence electrons. The number of hydrogen-bond donors (Lipinski definition) is 4. The minimum Gasteiger partial charge on any atom is -0.357 e. The smallest absolute Gasteiger partial charge is 0.244 e. The van der Waals surface area contributed by atoms with Crippen LogP contribution in [0.25, 0.3) is 0 Å². The summed E-state index contributed by atoms with van der Waals surface area (Å²) < 4.78 is 0. The highest BCUT2D eigenvalue weighted by Gasteiger charge is 2.35. The van der Waals surface area contributed by atoms with Crippen molar-refractivity contribution in [2.75, 3.05) is 13.6 Å². The Morgan fingerprint density at radius 3 is 2.60 bits per heavy atom. The van der Waals surface area contributed by atoms with Crippen LogP contribution in [-0.2, 0) is 14.4 Å². The van der Waals surface area contributed by atoms with E-state index in [9.17, 15) is 14.4 Å². The van der Waals surface area contributed by atoms with E-state index >= 15 is 0 Å². The molecule has 0 saturated carbocycles. The average Bonchev–Trinajstić information content (AvgIpc) is 2.65. The second kappa shape index (κ2) is 11.8. The van der Waals surface area contributed by atoms with Gasteiger partial charge in [-0.05, 0) is 19.3 Å². The Morgan fingerprint density at radius 1 is 1.24 bits per heavy atom. The fourth-order valence-electron chi connectivity index (χ4n) is 3.15. The first kappa shape index (κ1) is 21.4. The molecule has 3 amide bonds. The van der Waals surface area contributed by atoms with Crippen LogP contribution in [0.15, 0.2) is 0 Å². The van der Waals surface area contributed by atoms with Crippen molar-refractivity contribution in [3.8, 4) is 0 Å². The summed E-state index contributed by atoms with van der Waals surface area (Å²) in [5.41, 5.74) is 4.60. The van der Waals surface area contributed by atoms with Crippen molar-refractivity contribution in [1.82, 2.24) is 21.2 Å². The van der Waals surface area contributed by atoms with Crippen LogP contribution in [0.4, 0.5) is 0 Å². The highest BCUT2D eigenvalue weighted by Crippen LogP contribution is 2.21. The van der Waals surface area contributed by atoms with E-state index in [-0.39, 0.29) is 18.2 Å². The summed E-state index contributed by atoms with van der Waals surface area (Å²) in [6.07, 6.45) is 7.12. The fraction of sp³-hybridized carbons (Fsp3) is 0.824. The molecule has 4 N–H and O–H groups in total. The predicted octanol–water partition coefficient (Wildman–Crippen LogP) is 1.10. The molecule has 8 nitrogen and oxygen atoms in total. The fourth-order valence-corrected chi connectivity index (χ4v) is 3.15.